The van der Waals surface area contributed by atoms with E-state index in [1.54, 1.807) is 18.2 Å². The number of amides is 1. The van der Waals surface area contributed by atoms with Crippen molar-refractivity contribution in [1.29, 1.82) is 0 Å². The molecule has 0 radical (unpaired) electrons. The molecule has 0 aliphatic carbocycles. The van der Waals surface area contributed by atoms with Crippen LogP contribution in [-0.4, -0.2) is 5.91 Å². The fraction of sp³-hybridized carbons (Fsp3) is 0.133. The molecule has 0 unspecified atom stereocenters. The van der Waals surface area contributed by atoms with Crippen molar-refractivity contribution in [2.75, 3.05) is 10.6 Å². The van der Waals surface area contributed by atoms with Gasteiger partial charge >= 0.3 is 0 Å². The van der Waals surface area contributed by atoms with Gasteiger partial charge in [-0.2, -0.15) is 0 Å². The molecule has 0 aliphatic rings. The molecule has 2 N–H and O–H groups in total. The Morgan fingerprint density at radius 1 is 1.05 bits per heavy atom. The third-order valence-electron chi connectivity index (χ3n) is 2.75. The number of nitrogens with one attached hydrogen (secondary N) is 2. The van der Waals surface area contributed by atoms with E-state index in [4.69, 9.17) is 23.2 Å². The largest absolute Gasteiger partial charge is 0.378 e. The molecule has 0 atom stereocenters. The van der Waals surface area contributed by atoms with Gasteiger partial charge in [0.2, 0.25) is 5.91 Å². The molecular formula is C15H14Cl2N2O. The summed E-state index contributed by atoms with van der Waals surface area (Å²) in [6.07, 6.45) is 0. The van der Waals surface area contributed by atoms with E-state index < -0.39 is 0 Å². The van der Waals surface area contributed by atoms with Crippen LogP contribution in [0.1, 0.15) is 12.5 Å². The van der Waals surface area contributed by atoms with E-state index in [-0.39, 0.29) is 5.91 Å². The molecule has 0 spiro atoms. The summed E-state index contributed by atoms with van der Waals surface area (Å²) >= 11 is 12.2. The number of anilines is 2. The van der Waals surface area contributed by atoms with E-state index in [9.17, 15) is 4.79 Å². The molecule has 0 fully saturated rings. The summed E-state index contributed by atoms with van der Waals surface area (Å²) in [4.78, 5) is 11.2. The number of hydrogen-bond acceptors (Lipinski definition) is 2. The molecule has 5 heteroatoms. The Balaban J connectivity index is 2.17. The van der Waals surface area contributed by atoms with Crippen molar-refractivity contribution >= 4 is 40.5 Å². The maximum atomic E-state index is 11.2. The molecule has 2 aromatic rings. The van der Waals surface area contributed by atoms with Crippen LogP contribution in [0.2, 0.25) is 10.0 Å². The lowest BCUT2D eigenvalue weighted by molar-refractivity contribution is -0.114. The molecule has 0 saturated heterocycles. The van der Waals surface area contributed by atoms with E-state index in [0.717, 1.165) is 11.3 Å². The van der Waals surface area contributed by atoms with E-state index in [2.05, 4.69) is 10.6 Å². The highest BCUT2D eigenvalue weighted by molar-refractivity contribution is 6.39. The monoisotopic (exact) mass is 308 g/mol. The van der Waals surface area contributed by atoms with Crippen LogP contribution < -0.4 is 10.6 Å². The third kappa shape index (κ3) is 3.65. The van der Waals surface area contributed by atoms with E-state index in [1.807, 2.05) is 24.3 Å². The average molecular weight is 309 g/mol. The average Bonchev–Trinajstić information content (AvgIpc) is 2.39. The van der Waals surface area contributed by atoms with Crippen LogP contribution in [0.4, 0.5) is 11.4 Å². The number of halogens is 2. The van der Waals surface area contributed by atoms with Crippen LogP contribution in [0, 0.1) is 0 Å². The number of carbonyl (C=O) groups is 1. The van der Waals surface area contributed by atoms with Gasteiger partial charge in [0.1, 0.15) is 0 Å². The molecule has 2 rings (SSSR count). The normalized spacial score (nSPS) is 10.2. The number of rotatable bonds is 4. The van der Waals surface area contributed by atoms with Crippen LogP contribution >= 0.6 is 23.2 Å². The topological polar surface area (TPSA) is 41.1 Å². The highest BCUT2D eigenvalue weighted by Gasteiger charge is 2.07. The summed E-state index contributed by atoms with van der Waals surface area (Å²) in [5, 5.41) is 7.12. The zero-order chi connectivity index (χ0) is 14.5. The fourth-order valence-corrected chi connectivity index (χ4v) is 2.37. The summed E-state index contributed by atoms with van der Waals surface area (Å²) < 4.78 is 0. The molecule has 20 heavy (non-hydrogen) atoms. The summed E-state index contributed by atoms with van der Waals surface area (Å²) in [5.41, 5.74) is 2.42. The SMILES string of the molecule is CC(=O)Nc1ccccc1CNc1c(Cl)cccc1Cl. The van der Waals surface area contributed by atoms with Gasteiger partial charge in [0, 0.05) is 19.2 Å². The quantitative estimate of drug-likeness (QED) is 0.869. The Morgan fingerprint density at radius 3 is 2.35 bits per heavy atom. The predicted octanol–water partition coefficient (Wildman–Crippen LogP) is 4.56. The van der Waals surface area contributed by atoms with Gasteiger partial charge in [-0.25, -0.2) is 0 Å². The molecule has 1 amide bonds. The maximum Gasteiger partial charge on any atom is 0.221 e. The number of carbonyl (C=O) groups excluding carboxylic acids is 1. The Kier molecular flexibility index (Phi) is 4.88. The summed E-state index contributed by atoms with van der Waals surface area (Å²) in [6.45, 7) is 2.00. The predicted molar refractivity (Wildman–Crippen MR) is 84.5 cm³/mol. The van der Waals surface area contributed by atoms with Crippen molar-refractivity contribution in [3.05, 3.63) is 58.1 Å². The Bertz CT molecular complexity index is 609. The lowest BCUT2D eigenvalue weighted by Crippen LogP contribution is -2.10. The van der Waals surface area contributed by atoms with Crippen molar-refractivity contribution in [2.45, 2.75) is 13.5 Å². The first-order chi connectivity index (χ1) is 9.58. The van der Waals surface area contributed by atoms with Gasteiger partial charge in [-0.05, 0) is 23.8 Å². The van der Waals surface area contributed by atoms with Crippen molar-refractivity contribution in [2.24, 2.45) is 0 Å². The first kappa shape index (κ1) is 14.7. The zero-order valence-electron chi connectivity index (χ0n) is 10.9. The minimum Gasteiger partial charge on any atom is -0.378 e. The molecule has 104 valence electrons. The second-order valence-corrected chi connectivity index (χ2v) is 5.10. The summed E-state index contributed by atoms with van der Waals surface area (Å²) in [5.74, 6) is -0.103. The van der Waals surface area contributed by atoms with E-state index in [0.29, 0.717) is 22.3 Å². The summed E-state index contributed by atoms with van der Waals surface area (Å²) in [7, 11) is 0. The molecule has 0 saturated carbocycles. The molecule has 2 aromatic carbocycles. The number of para-hydroxylation sites is 2. The van der Waals surface area contributed by atoms with Crippen LogP contribution in [0.25, 0.3) is 0 Å². The van der Waals surface area contributed by atoms with Crippen LogP contribution in [0.15, 0.2) is 42.5 Å². The van der Waals surface area contributed by atoms with E-state index >= 15 is 0 Å². The van der Waals surface area contributed by atoms with Gasteiger partial charge in [-0.3, -0.25) is 4.79 Å². The Labute approximate surface area is 127 Å². The molecule has 0 aliphatic heterocycles. The summed E-state index contributed by atoms with van der Waals surface area (Å²) in [6, 6.07) is 12.9. The highest BCUT2D eigenvalue weighted by Crippen LogP contribution is 2.30. The zero-order valence-corrected chi connectivity index (χ0v) is 12.4. The maximum absolute atomic E-state index is 11.2. The Hall–Kier alpha value is -1.71. The molecular weight excluding hydrogens is 295 g/mol. The highest BCUT2D eigenvalue weighted by atomic mass is 35.5. The number of hydrogen-bond donors (Lipinski definition) is 2. The van der Waals surface area contributed by atoms with Gasteiger partial charge in [-0.15, -0.1) is 0 Å². The lowest BCUT2D eigenvalue weighted by Gasteiger charge is -2.13. The molecule has 0 heterocycles. The smallest absolute Gasteiger partial charge is 0.221 e. The second kappa shape index (κ2) is 6.64. The van der Waals surface area contributed by atoms with Crippen LogP contribution in [0.5, 0.6) is 0 Å². The third-order valence-corrected chi connectivity index (χ3v) is 3.38. The van der Waals surface area contributed by atoms with Crippen molar-refractivity contribution in [3.8, 4) is 0 Å². The van der Waals surface area contributed by atoms with Crippen molar-refractivity contribution in [3.63, 3.8) is 0 Å². The van der Waals surface area contributed by atoms with Crippen molar-refractivity contribution in [1.82, 2.24) is 0 Å². The Morgan fingerprint density at radius 2 is 1.70 bits per heavy atom. The van der Waals surface area contributed by atoms with Gasteiger partial charge in [0.05, 0.1) is 15.7 Å². The second-order valence-electron chi connectivity index (χ2n) is 4.29. The lowest BCUT2D eigenvalue weighted by atomic mass is 10.1. The first-order valence-electron chi connectivity index (χ1n) is 6.11. The van der Waals surface area contributed by atoms with Gasteiger partial charge in [0.15, 0.2) is 0 Å². The first-order valence-corrected chi connectivity index (χ1v) is 6.87. The fourth-order valence-electron chi connectivity index (χ4n) is 1.84. The van der Waals surface area contributed by atoms with Gasteiger partial charge in [0.25, 0.3) is 0 Å². The molecule has 0 bridgehead atoms. The molecule has 3 nitrogen and oxygen atoms in total. The minimum atomic E-state index is -0.103. The number of benzene rings is 2. The van der Waals surface area contributed by atoms with E-state index in [1.165, 1.54) is 6.92 Å². The molecule has 0 aromatic heterocycles. The van der Waals surface area contributed by atoms with Gasteiger partial charge < -0.3 is 10.6 Å². The van der Waals surface area contributed by atoms with Crippen LogP contribution in [0.3, 0.4) is 0 Å². The van der Waals surface area contributed by atoms with Crippen LogP contribution in [-0.2, 0) is 11.3 Å². The standard InChI is InChI=1S/C15H14Cl2N2O/c1-10(20)19-14-8-3-2-5-11(14)9-18-15-12(16)6-4-7-13(15)17/h2-8,18H,9H2,1H3,(H,19,20). The van der Waals surface area contributed by atoms with Gasteiger partial charge in [-0.1, -0.05) is 47.5 Å². The minimum absolute atomic E-state index is 0.103. The van der Waals surface area contributed by atoms with Crippen molar-refractivity contribution < 1.29 is 4.79 Å².